The van der Waals surface area contributed by atoms with Crippen molar-refractivity contribution in [2.75, 3.05) is 0 Å². The SMILES string of the molecule is CC1CCC(C(C)(C)Cc2cccc(F)c2Br)C(=O)C1. The van der Waals surface area contributed by atoms with Crippen LogP contribution in [0.2, 0.25) is 0 Å². The van der Waals surface area contributed by atoms with Crippen LogP contribution >= 0.6 is 15.9 Å². The maximum Gasteiger partial charge on any atom is 0.137 e. The second-order valence-electron chi connectivity index (χ2n) is 6.78. The van der Waals surface area contributed by atoms with Gasteiger partial charge in [0.05, 0.1) is 4.47 Å². The van der Waals surface area contributed by atoms with E-state index in [4.69, 9.17) is 0 Å². The fourth-order valence-corrected chi connectivity index (χ4v) is 3.73. The first-order valence-electron chi connectivity index (χ1n) is 7.27. The topological polar surface area (TPSA) is 17.1 Å². The van der Waals surface area contributed by atoms with Crippen molar-refractivity contribution in [3.63, 3.8) is 0 Å². The summed E-state index contributed by atoms with van der Waals surface area (Å²) < 4.78 is 14.1. The molecule has 0 bridgehead atoms. The van der Waals surface area contributed by atoms with Crippen LogP contribution in [-0.4, -0.2) is 5.78 Å². The Morgan fingerprint density at radius 2 is 2.05 bits per heavy atom. The molecule has 20 heavy (non-hydrogen) atoms. The van der Waals surface area contributed by atoms with Crippen LogP contribution in [0.3, 0.4) is 0 Å². The number of hydrogen-bond donors (Lipinski definition) is 0. The molecule has 1 aliphatic rings. The van der Waals surface area contributed by atoms with Gasteiger partial charge in [-0.3, -0.25) is 4.79 Å². The van der Waals surface area contributed by atoms with Crippen LogP contribution in [0.25, 0.3) is 0 Å². The van der Waals surface area contributed by atoms with Crippen molar-refractivity contribution in [3.05, 3.63) is 34.1 Å². The van der Waals surface area contributed by atoms with E-state index in [0.717, 1.165) is 24.8 Å². The minimum Gasteiger partial charge on any atom is -0.299 e. The van der Waals surface area contributed by atoms with E-state index in [-0.39, 0.29) is 17.2 Å². The van der Waals surface area contributed by atoms with E-state index in [9.17, 15) is 9.18 Å². The number of hydrogen-bond acceptors (Lipinski definition) is 1. The lowest BCUT2D eigenvalue weighted by atomic mass is 9.66. The summed E-state index contributed by atoms with van der Waals surface area (Å²) in [5.74, 6) is 0.743. The van der Waals surface area contributed by atoms with Gasteiger partial charge in [0, 0.05) is 12.3 Å². The quantitative estimate of drug-likeness (QED) is 0.742. The maximum absolute atomic E-state index is 13.6. The van der Waals surface area contributed by atoms with Gasteiger partial charge < -0.3 is 0 Å². The highest BCUT2D eigenvalue weighted by Crippen LogP contribution is 2.41. The third-order valence-corrected chi connectivity index (χ3v) is 5.40. The zero-order valence-electron chi connectivity index (χ0n) is 12.4. The zero-order valence-corrected chi connectivity index (χ0v) is 14.0. The van der Waals surface area contributed by atoms with Crippen LogP contribution < -0.4 is 0 Å². The molecule has 0 radical (unpaired) electrons. The highest BCUT2D eigenvalue weighted by Gasteiger charge is 2.38. The van der Waals surface area contributed by atoms with Crippen LogP contribution in [0.5, 0.6) is 0 Å². The van der Waals surface area contributed by atoms with Crippen LogP contribution in [0.15, 0.2) is 22.7 Å². The summed E-state index contributed by atoms with van der Waals surface area (Å²) in [4.78, 5) is 12.3. The number of benzene rings is 1. The number of halogens is 2. The molecule has 0 saturated heterocycles. The van der Waals surface area contributed by atoms with E-state index in [1.165, 1.54) is 6.07 Å². The zero-order chi connectivity index (χ0) is 14.9. The fraction of sp³-hybridized carbons (Fsp3) is 0.588. The average molecular weight is 341 g/mol. The van der Waals surface area contributed by atoms with E-state index < -0.39 is 0 Å². The molecule has 1 aromatic carbocycles. The normalized spacial score (nSPS) is 23.9. The van der Waals surface area contributed by atoms with Gasteiger partial charge in [-0.05, 0) is 58.2 Å². The van der Waals surface area contributed by atoms with Gasteiger partial charge in [-0.25, -0.2) is 4.39 Å². The minimum absolute atomic E-state index is 0.0915. The van der Waals surface area contributed by atoms with E-state index >= 15 is 0 Å². The molecule has 1 nitrogen and oxygen atoms in total. The van der Waals surface area contributed by atoms with Crippen LogP contribution in [0.1, 0.15) is 45.6 Å². The van der Waals surface area contributed by atoms with Crippen molar-refractivity contribution >= 4 is 21.7 Å². The van der Waals surface area contributed by atoms with Crippen molar-refractivity contribution in [2.24, 2.45) is 17.3 Å². The fourth-order valence-electron chi connectivity index (χ4n) is 3.33. The van der Waals surface area contributed by atoms with E-state index in [0.29, 0.717) is 22.6 Å². The van der Waals surface area contributed by atoms with Crippen molar-refractivity contribution in [1.29, 1.82) is 0 Å². The van der Waals surface area contributed by atoms with E-state index in [1.807, 2.05) is 6.07 Å². The molecule has 0 spiro atoms. The van der Waals surface area contributed by atoms with Gasteiger partial charge in [-0.2, -0.15) is 0 Å². The van der Waals surface area contributed by atoms with Gasteiger partial charge in [0.15, 0.2) is 0 Å². The lowest BCUT2D eigenvalue weighted by Gasteiger charge is -2.37. The molecular formula is C17H22BrFO. The molecule has 110 valence electrons. The highest BCUT2D eigenvalue weighted by molar-refractivity contribution is 9.10. The predicted octanol–water partition coefficient (Wildman–Crippen LogP) is 5.16. The Morgan fingerprint density at radius 1 is 1.35 bits per heavy atom. The van der Waals surface area contributed by atoms with Crippen LogP contribution in [0.4, 0.5) is 4.39 Å². The Labute approximate surface area is 129 Å². The third-order valence-electron chi connectivity index (χ3n) is 4.51. The van der Waals surface area contributed by atoms with Crippen molar-refractivity contribution < 1.29 is 9.18 Å². The molecule has 1 aliphatic carbocycles. The van der Waals surface area contributed by atoms with Crippen molar-refractivity contribution in [1.82, 2.24) is 0 Å². The molecule has 0 aromatic heterocycles. The first-order chi connectivity index (χ1) is 9.31. The van der Waals surface area contributed by atoms with Crippen LogP contribution in [0, 0.1) is 23.1 Å². The Balaban J connectivity index is 2.18. The molecule has 0 aliphatic heterocycles. The monoisotopic (exact) mass is 340 g/mol. The Hall–Kier alpha value is -0.700. The number of rotatable bonds is 3. The number of ketones is 1. The molecule has 2 unspecified atom stereocenters. The largest absolute Gasteiger partial charge is 0.299 e. The molecule has 1 fully saturated rings. The summed E-state index contributed by atoms with van der Waals surface area (Å²) >= 11 is 3.32. The molecule has 1 saturated carbocycles. The molecule has 0 N–H and O–H groups in total. The molecule has 0 heterocycles. The molecule has 3 heteroatoms. The van der Waals surface area contributed by atoms with Crippen molar-refractivity contribution in [2.45, 2.75) is 46.5 Å². The second kappa shape index (κ2) is 5.97. The smallest absolute Gasteiger partial charge is 0.137 e. The third kappa shape index (κ3) is 3.30. The summed E-state index contributed by atoms with van der Waals surface area (Å²) in [6.45, 7) is 6.40. The summed E-state index contributed by atoms with van der Waals surface area (Å²) in [6.07, 6.45) is 3.48. The molecule has 2 rings (SSSR count). The molecule has 0 amide bonds. The van der Waals surface area contributed by atoms with Gasteiger partial charge in [-0.15, -0.1) is 0 Å². The second-order valence-corrected chi connectivity index (χ2v) is 7.58. The first kappa shape index (κ1) is 15.7. The summed E-state index contributed by atoms with van der Waals surface area (Å²) in [6, 6.07) is 5.12. The van der Waals surface area contributed by atoms with Gasteiger partial charge in [0.1, 0.15) is 11.6 Å². The van der Waals surface area contributed by atoms with E-state index in [1.54, 1.807) is 6.07 Å². The first-order valence-corrected chi connectivity index (χ1v) is 8.06. The Morgan fingerprint density at radius 3 is 2.70 bits per heavy atom. The Bertz CT molecular complexity index is 510. The van der Waals surface area contributed by atoms with Gasteiger partial charge in [0.25, 0.3) is 0 Å². The standard InChI is InChI=1S/C17H22BrFO/c1-11-7-8-13(15(20)9-11)17(2,3)10-12-5-4-6-14(19)16(12)18/h4-6,11,13H,7-10H2,1-3H3. The van der Waals surface area contributed by atoms with Crippen molar-refractivity contribution in [3.8, 4) is 0 Å². The minimum atomic E-state index is -0.234. The average Bonchev–Trinajstić information content (AvgIpc) is 2.34. The summed E-state index contributed by atoms with van der Waals surface area (Å²) in [7, 11) is 0. The Kier molecular flexibility index (Phi) is 4.68. The number of carbonyl (C=O) groups is 1. The molecular weight excluding hydrogens is 319 g/mol. The number of carbonyl (C=O) groups excluding carboxylic acids is 1. The van der Waals surface area contributed by atoms with Gasteiger partial charge in [-0.1, -0.05) is 32.9 Å². The summed E-state index contributed by atoms with van der Waals surface area (Å²) in [5.41, 5.74) is 0.814. The van der Waals surface area contributed by atoms with E-state index in [2.05, 4.69) is 36.7 Å². The highest BCUT2D eigenvalue weighted by atomic mass is 79.9. The predicted molar refractivity (Wildman–Crippen MR) is 83.1 cm³/mol. The van der Waals surface area contributed by atoms with Gasteiger partial charge in [0.2, 0.25) is 0 Å². The lowest BCUT2D eigenvalue weighted by Crippen LogP contribution is -2.37. The van der Waals surface area contributed by atoms with Gasteiger partial charge >= 0.3 is 0 Å². The summed E-state index contributed by atoms with van der Waals surface area (Å²) in [5, 5.41) is 0. The molecule has 2 atom stereocenters. The van der Waals surface area contributed by atoms with Crippen LogP contribution in [-0.2, 0) is 11.2 Å². The number of Topliss-reactive ketones (excluding diaryl/α,β-unsaturated/α-hetero) is 1. The maximum atomic E-state index is 13.6. The lowest BCUT2D eigenvalue weighted by molar-refractivity contribution is -0.129. The molecule has 1 aromatic rings.